The summed E-state index contributed by atoms with van der Waals surface area (Å²) >= 11 is 1.56. The van der Waals surface area contributed by atoms with Gasteiger partial charge in [-0.15, -0.1) is 11.8 Å². The predicted molar refractivity (Wildman–Crippen MR) is 99.5 cm³/mol. The molecule has 0 saturated carbocycles. The standard InChI is InChI=1S/C18H30N2O3S/c1-13(2)11-19-12-15(21)8-6-5-7-9-20-17(22)10-16(18(20)23)24-14(3)4/h11,13-14,16H,5-10,12H2,1-4H3. The number of amides is 2. The number of Topliss-reactive ketones (excluding diaryl/α,β-unsaturated/α-hetero) is 1. The number of carbonyl (C=O) groups is 3. The summed E-state index contributed by atoms with van der Waals surface area (Å²) in [5.74, 6) is 0.412. The number of aliphatic imine (C=N–C) groups is 1. The smallest absolute Gasteiger partial charge is 0.242 e. The Morgan fingerprint density at radius 2 is 1.96 bits per heavy atom. The summed E-state index contributed by atoms with van der Waals surface area (Å²) in [6, 6.07) is 0. The first-order valence-electron chi connectivity index (χ1n) is 8.82. The Bertz CT molecular complexity index is 475. The molecule has 6 heteroatoms. The van der Waals surface area contributed by atoms with Crippen molar-refractivity contribution in [3.8, 4) is 0 Å². The second kappa shape index (κ2) is 10.6. The maximum absolute atomic E-state index is 12.2. The van der Waals surface area contributed by atoms with E-state index in [4.69, 9.17) is 0 Å². The zero-order valence-corrected chi connectivity index (χ0v) is 16.1. The average Bonchev–Trinajstić information content (AvgIpc) is 2.73. The minimum atomic E-state index is -0.210. The first-order chi connectivity index (χ1) is 11.3. The molecule has 1 atom stereocenters. The highest BCUT2D eigenvalue weighted by Crippen LogP contribution is 2.28. The molecule has 1 fully saturated rings. The van der Waals surface area contributed by atoms with Gasteiger partial charge in [-0.3, -0.25) is 24.3 Å². The SMILES string of the molecule is CC(C)C=NCC(=O)CCCCCN1C(=O)CC(SC(C)C)C1=O. The topological polar surface area (TPSA) is 66.8 Å². The van der Waals surface area contributed by atoms with E-state index < -0.39 is 0 Å². The first-order valence-corrected chi connectivity index (χ1v) is 9.76. The Balaban J connectivity index is 2.20. The molecule has 1 rings (SSSR count). The van der Waals surface area contributed by atoms with Gasteiger partial charge in [0.2, 0.25) is 11.8 Å². The number of rotatable bonds is 11. The lowest BCUT2D eigenvalue weighted by atomic mass is 10.1. The van der Waals surface area contributed by atoms with Gasteiger partial charge in [0.1, 0.15) is 0 Å². The van der Waals surface area contributed by atoms with Crippen LogP contribution in [0, 0.1) is 5.92 Å². The van der Waals surface area contributed by atoms with Gasteiger partial charge in [-0.1, -0.05) is 34.1 Å². The summed E-state index contributed by atoms with van der Waals surface area (Å²) in [5.41, 5.74) is 0. The largest absolute Gasteiger partial charge is 0.298 e. The van der Waals surface area contributed by atoms with Gasteiger partial charge in [-0.2, -0.15) is 0 Å². The van der Waals surface area contributed by atoms with Crippen molar-refractivity contribution < 1.29 is 14.4 Å². The Labute approximate surface area is 149 Å². The molecule has 0 aliphatic carbocycles. The van der Waals surface area contributed by atoms with Crippen LogP contribution >= 0.6 is 11.8 Å². The molecule has 0 bridgehead atoms. The molecule has 5 nitrogen and oxygen atoms in total. The molecule has 136 valence electrons. The summed E-state index contributed by atoms with van der Waals surface area (Å²) in [4.78, 5) is 41.3. The van der Waals surface area contributed by atoms with Crippen LogP contribution in [0.2, 0.25) is 0 Å². The maximum Gasteiger partial charge on any atom is 0.242 e. The third kappa shape index (κ3) is 7.60. The number of carbonyl (C=O) groups excluding carboxylic acids is 3. The molecular formula is C18H30N2O3S. The molecule has 0 aromatic rings. The van der Waals surface area contributed by atoms with E-state index in [0.29, 0.717) is 30.6 Å². The van der Waals surface area contributed by atoms with E-state index in [1.165, 1.54) is 4.90 Å². The number of thioether (sulfide) groups is 1. The lowest BCUT2D eigenvalue weighted by Gasteiger charge is -2.15. The van der Waals surface area contributed by atoms with Crippen LogP contribution in [0.25, 0.3) is 0 Å². The van der Waals surface area contributed by atoms with Crippen LogP contribution in [0.5, 0.6) is 0 Å². The molecule has 24 heavy (non-hydrogen) atoms. The van der Waals surface area contributed by atoms with Crippen LogP contribution in [0.3, 0.4) is 0 Å². The fourth-order valence-electron chi connectivity index (χ4n) is 2.54. The van der Waals surface area contributed by atoms with E-state index in [0.717, 1.165) is 19.3 Å². The molecule has 1 saturated heterocycles. The van der Waals surface area contributed by atoms with Crippen LogP contribution in [0.15, 0.2) is 4.99 Å². The summed E-state index contributed by atoms with van der Waals surface area (Å²) < 4.78 is 0. The monoisotopic (exact) mass is 354 g/mol. The van der Waals surface area contributed by atoms with E-state index >= 15 is 0 Å². The van der Waals surface area contributed by atoms with E-state index in [-0.39, 0.29) is 29.4 Å². The normalized spacial score (nSPS) is 18.6. The van der Waals surface area contributed by atoms with Crippen LogP contribution < -0.4 is 0 Å². The molecule has 1 heterocycles. The van der Waals surface area contributed by atoms with Crippen LogP contribution in [0.4, 0.5) is 0 Å². The quantitative estimate of drug-likeness (QED) is 0.325. The zero-order chi connectivity index (χ0) is 18.1. The Kier molecular flexibility index (Phi) is 9.26. The molecular weight excluding hydrogens is 324 g/mol. The number of ketones is 1. The van der Waals surface area contributed by atoms with E-state index in [9.17, 15) is 14.4 Å². The van der Waals surface area contributed by atoms with Gasteiger partial charge >= 0.3 is 0 Å². The maximum atomic E-state index is 12.2. The highest BCUT2D eigenvalue weighted by atomic mass is 32.2. The van der Waals surface area contributed by atoms with Crippen molar-refractivity contribution in [3.63, 3.8) is 0 Å². The van der Waals surface area contributed by atoms with E-state index in [2.05, 4.69) is 4.99 Å². The molecule has 1 aliphatic heterocycles. The van der Waals surface area contributed by atoms with Crippen LogP contribution in [-0.4, -0.2) is 52.3 Å². The van der Waals surface area contributed by atoms with Crippen molar-refractivity contribution in [1.82, 2.24) is 4.90 Å². The Morgan fingerprint density at radius 3 is 2.58 bits per heavy atom. The van der Waals surface area contributed by atoms with Crippen molar-refractivity contribution in [2.45, 2.75) is 70.3 Å². The van der Waals surface area contributed by atoms with Crippen molar-refractivity contribution >= 4 is 35.6 Å². The molecule has 2 amide bonds. The zero-order valence-electron chi connectivity index (χ0n) is 15.3. The lowest BCUT2D eigenvalue weighted by molar-refractivity contribution is -0.138. The molecule has 0 N–H and O–H groups in total. The predicted octanol–water partition coefficient (Wildman–Crippen LogP) is 3.11. The van der Waals surface area contributed by atoms with Crippen molar-refractivity contribution in [1.29, 1.82) is 0 Å². The van der Waals surface area contributed by atoms with Gasteiger partial charge in [-0.05, 0) is 24.0 Å². The highest BCUT2D eigenvalue weighted by Gasteiger charge is 2.38. The number of unbranched alkanes of at least 4 members (excludes halogenated alkanes) is 2. The minimum absolute atomic E-state index is 0.0437. The van der Waals surface area contributed by atoms with Crippen LogP contribution in [-0.2, 0) is 14.4 Å². The molecule has 1 aliphatic rings. The van der Waals surface area contributed by atoms with Crippen LogP contribution in [0.1, 0.15) is 59.8 Å². The van der Waals surface area contributed by atoms with Gasteiger partial charge in [-0.25, -0.2) is 0 Å². The molecule has 0 aromatic carbocycles. The minimum Gasteiger partial charge on any atom is -0.298 e. The summed E-state index contributed by atoms with van der Waals surface area (Å²) in [6.45, 7) is 8.86. The lowest BCUT2D eigenvalue weighted by Crippen LogP contribution is -2.32. The number of imide groups is 1. The average molecular weight is 355 g/mol. The summed E-state index contributed by atoms with van der Waals surface area (Å²) in [6.07, 6.45) is 5.04. The summed E-state index contributed by atoms with van der Waals surface area (Å²) in [7, 11) is 0. The molecule has 0 aromatic heterocycles. The summed E-state index contributed by atoms with van der Waals surface area (Å²) in [5, 5.41) is 0.133. The van der Waals surface area contributed by atoms with E-state index in [1.54, 1.807) is 18.0 Å². The molecule has 1 unspecified atom stereocenters. The number of likely N-dealkylation sites (tertiary alicyclic amines) is 1. The van der Waals surface area contributed by atoms with Crippen molar-refractivity contribution in [3.05, 3.63) is 0 Å². The van der Waals surface area contributed by atoms with Gasteiger partial charge in [0, 0.05) is 25.6 Å². The highest BCUT2D eigenvalue weighted by molar-refractivity contribution is 8.01. The first kappa shape index (κ1) is 20.9. The fourth-order valence-corrected chi connectivity index (χ4v) is 3.68. The number of nitrogens with zero attached hydrogens (tertiary/aromatic N) is 2. The number of hydrogen-bond donors (Lipinski definition) is 0. The third-order valence-corrected chi connectivity index (χ3v) is 4.89. The van der Waals surface area contributed by atoms with Gasteiger partial charge in [0.15, 0.2) is 5.78 Å². The Morgan fingerprint density at radius 1 is 1.25 bits per heavy atom. The number of hydrogen-bond acceptors (Lipinski definition) is 5. The molecule has 0 radical (unpaired) electrons. The Hall–Kier alpha value is -1.17. The fraction of sp³-hybridized carbons (Fsp3) is 0.778. The van der Waals surface area contributed by atoms with E-state index in [1.807, 2.05) is 27.7 Å². The van der Waals surface area contributed by atoms with Gasteiger partial charge < -0.3 is 0 Å². The second-order valence-electron chi connectivity index (χ2n) is 6.84. The second-order valence-corrected chi connectivity index (χ2v) is 8.63. The van der Waals surface area contributed by atoms with Gasteiger partial charge in [0.05, 0.1) is 11.8 Å². The van der Waals surface area contributed by atoms with Gasteiger partial charge in [0.25, 0.3) is 0 Å². The third-order valence-electron chi connectivity index (χ3n) is 3.65. The molecule has 0 spiro atoms. The van der Waals surface area contributed by atoms with Crippen molar-refractivity contribution in [2.24, 2.45) is 10.9 Å². The van der Waals surface area contributed by atoms with Crippen molar-refractivity contribution in [2.75, 3.05) is 13.1 Å².